The van der Waals surface area contributed by atoms with Crippen molar-refractivity contribution in [2.75, 3.05) is 0 Å². The molecule has 1 rings (SSSR count). The topological polar surface area (TPSA) is 74.3 Å². The van der Waals surface area contributed by atoms with Crippen LogP contribution in [0.3, 0.4) is 0 Å². The summed E-state index contributed by atoms with van der Waals surface area (Å²) in [5.74, 6) is 0.749. The zero-order valence-corrected chi connectivity index (χ0v) is 9.34. The highest BCUT2D eigenvalue weighted by molar-refractivity contribution is 9.18. The van der Waals surface area contributed by atoms with Crippen molar-refractivity contribution in [1.29, 1.82) is 5.41 Å². The van der Waals surface area contributed by atoms with Crippen LogP contribution >= 0.6 is 15.9 Å². The number of aliphatic imine (C=N–C) groups is 1. The summed E-state index contributed by atoms with van der Waals surface area (Å²) in [5, 5.41) is 13.5. The fourth-order valence-corrected chi connectivity index (χ4v) is 1.11. The van der Waals surface area contributed by atoms with Crippen molar-refractivity contribution in [2.45, 2.75) is 19.9 Å². The Morgan fingerprint density at radius 3 is 3.21 bits per heavy atom. The lowest BCUT2D eigenvalue weighted by Crippen LogP contribution is -2.16. The van der Waals surface area contributed by atoms with Crippen LogP contribution in [0.15, 0.2) is 15.6 Å². The second-order valence-corrected chi connectivity index (χ2v) is 3.29. The normalized spacial score (nSPS) is 11.4. The molecule has 76 valence electrons. The van der Waals surface area contributed by atoms with Crippen molar-refractivity contribution in [3.05, 3.63) is 17.5 Å². The van der Waals surface area contributed by atoms with Gasteiger partial charge in [-0.15, -0.1) is 0 Å². The molecule has 0 radical (unpaired) electrons. The molecule has 0 saturated carbocycles. The van der Waals surface area contributed by atoms with Gasteiger partial charge in [0, 0.05) is 6.07 Å². The van der Waals surface area contributed by atoms with Crippen molar-refractivity contribution in [2.24, 2.45) is 4.99 Å². The summed E-state index contributed by atoms with van der Waals surface area (Å²) in [6, 6.07) is 1.89. The van der Waals surface area contributed by atoms with E-state index in [1.54, 1.807) is 0 Å². The predicted octanol–water partition coefficient (Wildman–Crippen LogP) is 1.68. The van der Waals surface area contributed by atoms with E-state index in [-0.39, 0.29) is 0 Å². The standard InChI is InChI=1S/C8H11BrN4O/c1-2-6-3-7(14-13-6)4-11-8(9)12-5-10/h3,5H,2,4H2,1H3,(H2,10,11,12). The second-order valence-electron chi connectivity index (χ2n) is 2.54. The minimum absolute atomic E-state index is 0.502. The Morgan fingerprint density at radius 2 is 2.64 bits per heavy atom. The molecule has 0 aliphatic rings. The fraction of sp³-hybridized carbons (Fsp3) is 0.375. The van der Waals surface area contributed by atoms with Crippen LogP contribution in [-0.4, -0.2) is 16.2 Å². The van der Waals surface area contributed by atoms with Gasteiger partial charge >= 0.3 is 0 Å². The highest BCUT2D eigenvalue weighted by Crippen LogP contribution is 2.03. The highest BCUT2D eigenvalue weighted by Gasteiger charge is 2.02. The average molecular weight is 259 g/mol. The van der Waals surface area contributed by atoms with Crippen LogP contribution in [0.2, 0.25) is 0 Å². The first-order chi connectivity index (χ1) is 6.76. The second kappa shape index (κ2) is 5.54. The summed E-state index contributed by atoms with van der Waals surface area (Å²) >= 11 is 3.14. The van der Waals surface area contributed by atoms with Gasteiger partial charge < -0.3 is 9.84 Å². The van der Waals surface area contributed by atoms with E-state index in [4.69, 9.17) is 9.93 Å². The molecule has 6 heteroatoms. The number of aromatic nitrogens is 1. The Bertz CT molecular complexity index is 334. The van der Waals surface area contributed by atoms with Crippen LogP contribution in [0.25, 0.3) is 0 Å². The third-order valence-electron chi connectivity index (χ3n) is 1.56. The molecule has 1 aromatic heterocycles. The first kappa shape index (κ1) is 10.9. The molecule has 0 amide bonds. The quantitative estimate of drug-likeness (QED) is 0.490. The van der Waals surface area contributed by atoms with Crippen LogP contribution < -0.4 is 5.32 Å². The zero-order chi connectivity index (χ0) is 10.4. The van der Waals surface area contributed by atoms with Crippen molar-refractivity contribution >= 4 is 27.0 Å². The average Bonchev–Trinajstić information content (AvgIpc) is 2.63. The molecule has 0 unspecified atom stereocenters. The third kappa shape index (κ3) is 3.29. The fourth-order valence-electron chi connectivity index (χ4n) is 0.868. The Balaban J connectivity index is 2.45. The first-order valence-corrected chi connectivity index (χ1v) is 4.96. The van der Waals surface area contributed by atoms with E-state index in [0.29, 0.717) is 11.3 Å². The minimum Gasteiger partial charge on any atom is -0.359 e. The van der Waals surface area contributed by atoms with Gasteiger partial charge in [0.1, 0.15) is 6.34 Å². The molecule has 0 saturated heterocycles. The van der Waals surface area contributed by atoms with E-state index in [9.17, 15) is 0 Å². The van der Waals surface area contributed by atoms with Crippen molar-refractivity contribution in [3.8, 4) is 0 Å². The molecule has 0 bridgehead atoms. The molecule has 14 heavy (non-hydrogen) atoms. The van der Waals surface area contributed by atoms with Gasteiger partial charge in [0.05, 0.1) is 12.2 Å². The summed E-state index contributed by atoms with van der Waals surface area (Å²) in [5.41, 5.74) is 0.932. The summed E-state index contributed by atoms with van der Waals surface area (Å²) in [6.45, 7) is 2.52. The maximum absolute atomic E-state index is 6.73. The van der Waals surface area contributed by atoms with Crippen LogP contribution in [0.4, 0.5) is 0 Å². The largest absolute Gasteiger partial charge is 0.359 e. The molecule has 0 aliphatic carbocycles. The monoisotopic (exact) mass is 258 g/mol. The Morgan fingerprint density at radius 1 is 1.86 bits per heavy atom. The smallest absolute Gasteiger partial charge is 0.172 e. The maximum atomic E-state index is 6.73. The summed E-state index contributed by atoms with van der Waals surface area (Å²) < 4.78 is 5.54. The van der Waals surface area contributed by atoms with Crippen molar-refractivity contribution in [3.63, 3.8) is 0 Å². The van der Waals surface area contributed by atoms with E-state index in [1.165, 1.54) is 0 Å². The minimum atomic E-state index is 0.502. The molecule has 0 spiro atoms. The van der Waals surface area contributed by atoms with Gasteiger partial charge in [-0.3, -0.25) is 5.41 Å². The summed E-state index contributed by atoms with van der Waals surface area (Å²) in [7, 11) is 0. The van der Waals surface area contributed by atoms with Gasteiger partial charge in [-0.25, -0.2) is 4.99 Å². The number of nitrogens with zero attached hydrogens (tertiary/aromatic N) is 2. The lowest BCUT2D eigenvalue weighted by Gasteiger charge is -1.97. The lowest BCUT2D eigenvalue weighted by atomic mass is 10.3. The number of amidine groups is 1. The molecule has 5 nitrogen and oxygen atoms in total. The zero-order valence-electron chi connectivity index (χ0n) is 7.75. The van der Waals surface area contributed by atoms with Crippen molar-refractivity contribution < 1.29 is 4.52 Å². The molecular formula is C8H11BrN4O. The SMILES string of the molecule is CCc1cc(CN/C(Br)=N\C=N)on1. The molecule has 2 N–H and O–H groups in total. The number of aryl methyl sites for hydroxylation is 1. The van der Waals surface area contributed by atoms with Gasteiger partial charge in [-0.1, -0.05) is 12.1 Å². The number of nitrogens with one attached hydrogen (secondary N) is 2. The maximum Gasteiger partial charge on any atom is 0.172 e. The molecule has 0 atom stereocenters. The van der Waals surface area contributed by atoms with Gasteiger partial charge in [0.25, 0.3) is 0 Å². The summed E-state index contributed by atoms with van der Waals surface area (Å²) in [6.07, 6.45) is 1.81. The molecule has 1 aromatic rings. The van der Waals surface area contributed by atoms with E-state index in [1.807, 2.05) is 13.0 Å². The number of hydrogen-bond donors (Lipinski definition) is 2. The molecule has 0 fully saturated rings. The highest BCUT2D eigenvalue weighted by atomic mass is 79.9. The third-order valence-corrected chi connectivity index (χ3v) is 2.04. The summed E-state index contributed by atoms with van der Waals surface area (Å²) in [4.78, 5) is 3.67. The Hall–Kier alpha value is -1.17. The first-order valence-electron chi connectivity index (χ1n) is 4.16. The number of hydrogen-bond acceptors (Lipinski definition) is 3. The van der Waals surface area contributed by atoms with Crippen molar-refractivity contribution in [1.82, 2.24) is 10.5 Å². The van der Waals surface area contributed by atoms with Crippen LogP contribution in [-0.2, 0) is 13.0 Å². The lowest BCUT2D eigenvalue weighted by molar-refractivity contribution is 0.375. The van der Waals surface area contributed by atoms with Gasteiger partial charge in [-0.2, -0.15) is 0 Å². The van der Waals surface area contributed by atoms with E-state index in [2.05, 4.69) is 31.4 Å². The van der Waals surface area contributed by atoms with Gasteiger partial charge in [-0.05, 0) is 22.4 Å². The van der Waals surface area contributed by atoms with Gasteiger partial charge in [0.15, 0.2) is 10.5 Å². The molecule has 0 aromatic carbocycles. The Kier molecular flexibility index (Phi) is 4.31. The Labute approximate surface area is 90.2 Å². The van der Waals surface area contributed by atoms with E-state index in [0.717, 1.165) is 24.2 Å². The van der Waals surface area contributed by atoms with Crippen LogP contribution in [0.5, 0.6) is 0 Å². The van der Waals surface area contributed by atoms with E-state index >= 15 is 0 Å². The molecular weight excluding hydrogens is 248 g/mol. The van der Waals surface area contributed by atoms with Crippen LogP contribution in [0, 0.1) is 5.41 Å². The van der Waals surface area contributed by atoms with Gasteiger partial charge in [0.2, 0.25) is 0 Å². The molecule has 0 aliphatic heterocycles. The molecule has 1 heterocycles. The number of rotatable bonds is 4. The number of halogens is 1. The van der Waals surface area contributed by atoms with Crippen LogP contribution in [0.1, 0.15) is 18.4 Å². The van der Waals surface area contributed by atoms with E-state index < -0.39 is 0 Å². The predicted molar refractivity (Wildman–Crippen MR) is 57.9 cm³/mol.